The summed E-state index contributed by atoms with van der Waals surface area (Å²) in [5.74, 6) is -0.803. The summed E-state index contributed by atoms with van der Waals surface area (Å²) in [7, 11) is 0. The summed E-state index contributed by atoms with van der Waals surface area (Å²) in [5.41, 5.74) is 8.09. The van der Waals surface area contributed by atoms with Gasteiger partial charge in [-0.15, -0.1) is 0 Å². The van der Waals surface area contributed by atoms with Crippen LogP contribution in [-0.2, 0) is 11.2 Å². The molecule has 0 bridgehead atoms. The Labute approximate surface area is 99.5 Å². The molecule has 0 aromatic heterocycles. The fraction of sp³-hybridized carbons (Fsp3) is 0.417. The summed E-state index contributed by atoms with van der Waals surface area (Å²) in [4.78, 5) is 12.8. The Balaban J connectivity index is 2.28. The van der Waals surface area contributed by atoms with E-state index in [9.17, 15) is 4.79 Å². The highest BCUT2D eigenvalue weighted by Gasteiger charge is 2.35. The van der Waals surface area contributed by atoms with Crippen LogP contribution in [0.15, 0.2) is 18.2 Å². The summed E-state index contributed by atoms with van der Waals surface area (Å²) >= 11 is 0. The maximum Gasteiger partial charge on any atom is 0.326 e. The van der Waals surface area contributed by atoms with Gasteiger partial charge in [0.05, 0.1) is 0 Å². The SMILES string of the molecule is Nc1ccc(N2CCC2C(=O)O)c(CCO)c1. The van der Waals surface area contributed by atoms with E-state index in [0.717, 1.165) is 17.8 Å². The first kappa shape index (κ1) is 11.7. The van der Waals surface area contributed by atoms with Gasteiger partial charge < -0.3 is 20.8 Å². The molecule has 1 atom stereocenters. The van der Waals surface area contributed by atoms with Crippen molar-refractivity contribution in [3.63, 3.8) is 0 Å². The van der Waals surface area contributed by atoms with E-state index >= 15 is 0 Å². The second kappa shape index (κ2) is 4.63. The number of benzene rings is 1. The molecule has 92 valence electrons. The zero-order chi connectivity index (χ0) is 12.4. The summed E-state index contributed by atoms with van der Waals surface area (Å²) in [6, 6.07) is 4.93. The van der Waals surface area contributed by atoms with Gasteiger partial charge in [-0.1, -0.05) is 0 Å². The fourth-order valence-corrected chi connectivity index (χ4v) is 2.14. The van der Waals surface area contributed by atoms with Crippen LogP contribution in [-0.4, -0.2) is 35.4 Å². The van der Waals surface area contributed by atoms with E-state index in [1.807, 2.05) is 11.0 Å². The van der Waals surface area contributed by atoms with Crippen molar-refractivity contribution in [2.24, 2.45) is 0 Å². The molecule has 4 N–H and O–H groups in total. The molecule has 5 heteroatoms. The molecule has 1 aromatic rings. The predicted molar refractivity (Wildman–Crippen MR) is 65.0 cm³/mol. The Morgan fingerprint density at radius 1 is 1.53 bits per heavy atom. The number of aliphatic carboxylic acids is 1. The molecule has 0 aliphatic carbocycles. The minimum atomic E-state index is -0.803. The number of carboxylic acid groups (broad SMARTS) is 1. The largest absolute Gasteiger partial charge is 0.480 e. The maximum absolute atomic E-state index is 11.0. The molecule has 1 heterocycles. The number of aliphatic hydroxyl groups is 1. The monoisotopic (exact) mass is 236 g/mol. The number of nitrogens with two attached hydrogens (primary N) is 1. The topological polar surface area (TPSA) is 86.8 Å². The zero-order valence-corrected chi connectivity index (χ0v) is 9.47. The number of aliphatic hydroxyl groups excluding tert-OH is 1. The third-order valence-corrected chi connectivity index (χ3v) is 3.10. The number of carboxylic acids is 1. The van der Waals surface area contributed by atoms with E-state index in [-0.39, 0.29) is 6.61 Å². The maximum atomic E-state index is 11.0. The highest BCUT2D eigenvalue weighted by molar-refractivity contribution is 5.81. The Morgan fingerprint density at radius 2 is 2.29 bits per heavy atom. The van der Waals surface area contributed by atoms with Crippen molar-refractivity contribution in [3.8, 4) is 0 Å². The summed E-state index contributed by atoms with van der Waals surface area (Å²) in [5, 5.41) is 18.0. The Kier molecular flexibility index (Phi) is 3.19. The lowest BCUT2D eigenvalue weighted by Crippen LogP contribution is -2.53. The minimum absolute atomic E-state index is 0.0298. The van der Waals surface area contributed by atoms with Gasteiger partial charge in [0, 0.05) is 24.5 Å². The second-order valence-corrected chi connectivity index (χ2v) is 4.20. The molecule has 0 spiro atoms. The van der Waals surface area contributed by atoms with Gasteiger partial charge >= 0.3 is 5.97 Å². The number of hydrogen-bond donors (Lipinski definition) is 3. The quantitative estimate of drug-likeness (QED) is 0.661. The van der Waals surface area contributed by atoms with Gasteiger partial charge in [0.1, 0.15) is 6.04 Å². The average molecular weight is 236 g/mol. The van der Waals surface area contributed by atoms with Crippen LogP contribution in [0.25, 0.3) is 0 Å². The van der Waals surface area contributed by atoms with Crippen LogP contribution in [0, 0.1) is 0 Å². The molecule has 1 aliphatic heterocycles. The third kappa shape index (κ3) is 2.19. The van der Waals surface area contributed by atoms with Crippen molar-refractivity contribution in [2.75, 3.05) is 23.8 Å². The van der Waals surface area contributed by atoms with Crippen LogP contribution < -0.4 is 10.6 Å². The molecule has 1 unspecified atom stereocenters. The highest BCUT2D eigenvalue weighted by atomic mass is 16.4. The normalized spacial score (nSPS) is 18.9. The highest BCUT2D eigenvalue weighted by Crippen LogP contribution is 2.31. The second-order valence-electron chi connectivity index (χ2n) is 4.20. The first-order valence-corrected chi connectivity index (χ1v) is 5.62. The number of carbonyl (C=O) groups is 1. The molecule has 0 saturated carbocycles. The van der Waals surface area contributed by atoms with Crippen molar-refractivity contribution >= 4 is 17.3 Å². The molecular formula is C12H16N2O3. The standard InChI is InChI=1S/C12H16N2O3/c13-9-1-2-10(8(7-9)4-6-15)14-5-3-11(14)12(16)17/h1-2,7,11,15H,3-6,13H2,(H,16,17). The molecular weight excluding hydrogens is 220 g/mol. The molecule has 2 rings (SSSR count). The Bertz CT molecular complexity index is 434. The van der Waals surface area contributed by atoms with Gasteiger partial charge in [-0.25, -0.2) is 4.79 Å². The van der Waals surface area contributed by atoms with E-state index in [1.54, 1.807) is 12.1 Å². The van der Waals surface area contributed by atoms with Gasteiger partial charge in [-0.3, -0.25) is 0 Å². The number of nitrogens with zero attached hydrogens (tertiary/aromatic N) is 1. The van der Waals surface area contributed by atoms with Crippen LogP contribution in [0.2, 0.25) is 0 Å². The molecule has 1 aromatic carbocycles. The van der Waals surface area contributed by atoms with Gasteiger partial charge in [0.2, 0.25) is 0 Å². The lowest BCUT2D eigenvalue weighted by atomic mass is 9.98. The molecule has 1 aliphatic rings. The van der Waals surface area contributed by atoms with E-state index in [2.05, 4.69) is 0 Å². The van der Waals surface area contributed by atoms with E-state index < -0.39 is 12.0 Å². The van der Waals surface area contributed by atoms with Crippen LogP contribution in [0.4, 0.5) is 11.4 Å². The van der Waals surface area contributed by atoms with E-state index in [1.165, 1.54) is 0 Å². The molecule has 17 heavy (non-hydrogen) atoms. The van der Waals surface area contributed by atoms with E-state index in [4.69, 9.17) is 15.9 Å². The van der Waals surface area contributed by atoms with E-state index in [0.29, 0.717) is 18.5 Å². The fourth-order valence-electron chi connectivity index (χ4n) is 2.14. The number of nitrogen functional groups attached to an aromatic ring is 1. The van der Waals surface area contributed by atoms with Crippen molar-refractivity contribution in [3.05, 3.63) is 23.8 Å². The molecule has 1 fully saturated rings. The summed E-state index contributed by atoms with van der Waals surface area (Å²) < 4.78 is 0. The number of rotatable bonds is 4. The van der Waals surface area contributed by atoms with Gasteiger partial charge in [-0.2, -0.15) is 0 Å². The van der Waals surface area contributed by atoms with Crippen LogP contribution in [0.1, 0.15) is 12.0 Å². The lowest BCUT2D eigenvalue weighted by Gasteiger charge is -2.41. The van der Waals surface area contributed by atoms with Crippen LogP contribution in [0.3, 0.4) is 0 Å². The smallest absolute Gasteiger partial charge is 0.326 e. The molecule has 5 nitrogen and oxygen atoms in total. The van der Waals surface area contributed by atoms with Crippen molar-refractivity contribution in [1.29, 1.82) is 0 Å². The van der Waals surface area contributed by atoms with Crippen molar-refractivity contribution in [1.82, 2.24) is 0 Å². The van der Waals surface area contributed by atoms with Crippen molar-refractivity contribution < 1.29 is 15.0 Å². The van der Waals surface area contributed by atoms with Gasteiger partial charge in [-0.05, 0) is 36.6 Å². The van der Waals surface area contributed by atoms with Gasteiger partial charge in [0.15, 0.2) is 0 Å². The predicted octanol–water partition coefficient (Wildman–Crippen LogP) is 0.467. The Hall–Kier alpha value is -1.75. The average Bonchev–Trinajstić information content (AvgIpc) is 2.19. The molecule has 1 saturated heterocycles. The lowest BCUT2D eigenvalue weighted by molar-refractivity contribution is -0.139. The molecule has 0 amide bonds. The van der Waals surface area contributed by atoms with Crippen LogP contribution >= 0.6 is 0 Å². The summed E-state index contributed by atoms with van der Waals surface area (Å²) in [6.45, 7) is 0.765. The first-order valence-electron chi connectivity index (χ1n) is 5.62. The van der Waals surface area contributed by atoms with Crippen LogP contribution in [0.5, 0.6) is 0 Å². The van der Waals surface area contributed by atoms with Crippen molar-refractivity contribution in [2.45, 2.75) is 18.9 Å². The minimum Gasteiger partial charge on any atom is -0.480 e. The Morgan fingerprint density at radius 3 is 2.82 bits per heavy atom. The summed E-state index contributed by atoms with van der Waals surface area (Å²) in [6.07, 6.45) is 1.15. The third-order valence-electron chi connectivity index (χ3n) is 3.10. The first-order chi connectivity index (χ1) is 8.13. The number of anilines is 2. The zero-order valence-electron chi connectivity index (χ0n) is 9.47. The molecule has 0 radical (unpaired) electrons. The van der Waals surface area contributed by atoms with Gasteiger partial charge in [0.25, 0.3) is 0 Å². The number of hydrogen-bond acceptors (Lipinski definition) is 4.